The van der Waals surface area contributed by atoms with Crippen molar-refractivity contribution < 1.29 is 4.79 Å². The highest BCUT2D eigenvalue weighted by Crippen LogP contribution is 2.26. The molecule has 0 radical (unpaired) electrons. The maximum atomic E-state index is 12.3. The van der Waals surface area contributed by atoms with Crippen LogP contribution in [0.25, 0.3) is 0 Å². The molecular formula is C16H25N5O. The van der Waals surface area contributed by atoms with E-state index in [1.807, 2.05) is 17.0 Å². The molecule has 1 aromatic heterocycles. The van der Waals surface area contributed by atoms with Crippen LogP contribution in [0, 0.1) is 0 Å². The van der Waals surface area contributed by atoms with E-state index in [0.717, 1.165) is 38.3 Å². The van der Waals surface area contributed by atoms with Crippen LogP contribution < -0.4 is 10.2 Å². The molecule has 0 aromatic carbocycles. The van der Waals surface area contributed by atoms with E-state index in [4.69, 9.17) is 0 Å². The van der Waals surface area contributed by atoms with Gasteiger partial charge in [-0.2, -0.15) is 5.10 Å². The topological polar surface area (TPSA) is 61.4 Å². The van der Waals surface area contributed by atoms with Gasteiger partial charge in [-0.25, -0.2) is 0 Å². The summed E-state index contributed by atoms with van der Waals surface area (Å²) in [7, 11) is 0. The standard InChI is InChI=1S/C16H25N5O/c1-2-21(14-7-8-14)16(22)11-17-13-5-4-10-20(12-13)15-6-3-9-18-19-15/h3,6,9,13-14,17H,2,4-5,7-8,10-12H2,1H3. The Morgan fingerprint density at radius 3 is 3.00 bits per heavy atom. The molecule has 1 unspecified atom stereocenters. The summed E-state index contributed by atoms with van der Waals surface area (Å²) in [4.78, 5) is 16.5. The number of carbonyl (C=O) groups excluding carboxylic acids is 1. The van der Waals surface area contributed by atoms with Gasteiger partial charge < -0.3 is 15.1 Å². The maximum absolute atomic E-state index is 12.3. The highest BCUT2D eigenvalue weighted by atomic mass is 16.2. The monoisotopic (exact) mass is 303 g/mol. The minimum atomic E-state index is 0.238. The van der Waals surface area contributed by atoms with Crippen LogP contribution in [0.2, 0.25) is 0 Å². The first-order valence-corrected chi connectivity index (χ1v) is 8.33. The van der Waals surface area contributed by atoms with Gasteiger partial charge in [0.15, 0.2) is 5.82 Å². The van der Waals surface area contributed by atoms with Crippen molar-refractivity contribution in [2.24, 2.45) is 0 Å². The van der Waals surface area contributed by atoms with Gasteiger partial charge in [0.1, 0.15) is 0 Å². The average molecular weight is 303 g/mol. The smallest absolute Gasteiger partial charge is 0.236 e. The van der Waals surface area contributed by atoms with E-state index >= 15 is 0 Å². The highest BCUT2D eigenvalue weighted by molar-refractivity contribution is 5.79. The number of nitrogens with one attached hydrogen (secondary N) is 1. The van der Waals surface area contributed by atoms with Crippen LogP contribution in [0.4, 0.5) is 5.82 Å². The van der Waals surface area contributed by atoms with Crippen molar-refractivity contribution in [2.75, 3.05) is 31.1 Å². The molecule has 0 bridgehead atoms. The fourth-order valence-corrected chi connectivity index (χ4v) is 3.17. The van der Waals surface area contributed by atoms with Gasteiger partial charge in [0.05, 0.1) is 6.54 Å². The van der Waals surface area contributed by atoms with Crippen LogP contribution in [0.5, 0.6) is 0 Å². The van der Waals surface area contributed by atoms with Gasteiger partial charge in [0, 0.05) is 37.9 Å². The lowest BCUT2D eigenvalue weighted by Gasteiger charge is -2.34. The molecule has 1 aromatic rings. The lowest BCUT2D eigenvalue weighted by Crippen LogP contribution is -2.49. The van der Waals surface area contributed by atoms with E-state index in [1.165, 1.54) is 12.8 Å². The van der Waals surface area contributed by atoms with Crippen molar-refractivity contribution in [2.45, 2.75) is 44.7 Å². The van der Waals surface area contributed by atoms with Crippen LogP contribution in [-0.4, -0.2) is 59.3 Å². The minimum Gasteiger partial charge on any atom is -0.354 e. The van der Waals surface area contributed by atoms with E-state index < -0.39 is 0 Å². The molecule has 6 nitrogen and oxygen atoms in total. The number of anilines is 1. The van der Waals surface area contributed by atoms with Crippen molar-refractivity contribution in [1.82, 2.24) is 20.4 Å². The number of piperidine rings is 1. The summed E-state index contributed by atoms with van der Waals surface area (Å²) in [5.41, 5.74) is 0. The first-order valence-electron chi connectivity index (χ1n) is 8.33. The van der Waals surface area contributed by atoms with Crippen LogP contribution in [-0.2, 0) is 4.79 Å². The Kier molecular flexibility index (Phi) is 4.87. The third kappa shape index (κ3) is 3.74. The molecule has 1 aliphatic carbocycles. The molecule has 22 heavy (non-hydrogen) atoms. The molecule has 6 heteroatoms. The van der Waals surface area contributed by atoms with Gasteiger partial charge in [0.2, 0.25) is 5.91 Å². The fourth-order valence-electron chi connectivity index (χ4n) is 3.17. The van der Waals surface area contributed by atoms with Gasteiger partial charge in [-0.3, -0.25) is 4.79 Å². The summed E-state index contributed by atoms with van der Waals surface area (Å²) in [5, 5.41) is 11.6. The molecule has 3 rings (SSSR count). The van der Waals surface area contributed by atoms with Crippen molar-refractivity contribution in [3.8, 4) is 0 Å². The lowest BCUT2D eigenvalue weighted by atomic mass is 10.1. The number of likely N-dealkylation sites (N-methyl/N-ethyl adjacent to an activating group) is 1. The number of rotatable bonds is 6. The molecular weight excluding hydrogens is 278 g/mol. The van der Waals surface area contributed by atoms with Crippen molar-refractivity contribution in [3.05, 3.63) is 18.3 Å². The number of aromatic nitrogens is 2. The van der Waals surface area contributed by atoms with E-state index in [2.05, 4.69) is 27.3 Å². The summed E-state index contributed by atoms with van der Waals surface area (Å²) < 4.78 is 0. The SMILES string of the molecule is CCN(C(=O)CNC1CCCN(c2cccnn2)C1)C1CC1. The number of hydrogen-bond acceptors (Lipinski definition) is 5. The number of amides is 1. The molecule has 1 N–H and O–H groups in total. The molecule has 2 heterocycles. The lowest BCUT2D eigenvalue weighted by molar-refractivity contribution is -0.130. The molecule has 2 fully saturated rings. The Labute approximate surface area is 131 Å². The fraction of sp³-hybridized carbons (Fsp3) is 0.688. The zero-order valence-electron chi connectivity index (χ0n) is 13.2. The zero-order chi connectivity index (χ0) is 15.4. The number of hydrogen-bond donors (Lipinski definition) is 1. The number of carbonyl (C=O) groups is 1. The summed E-state index contributed by atoms with van der Waals surface area (Å²) in [6, 6.07) is 4.75. The first kappa shape index (κ1) is 15.2. The normalized spacial score (nSPS) is 21.7. The predicted octanol–water partition coefficient (Wildman–Crippen LogP) is 1.05. The summed E-state index contributed by atoms with van der Waals surface area (Å²) in [6.45, 7) is 5.23. The minimum absolute atomic E-state index is 0.238. The molecule has 1 saturated carbocycles. The van der Waals surface area contributed by atoms with Crippen LogP contribution in [0.1, 0.15) is 32.6 Å². The Hall–Kier alpha value is -1.69. The molecule has 1 aliphatic heterocycles. The summed E-state index contributed by atoms with van der Waals surface area (Å²) in [5.74, 6) is 1.16. The summed E-state index contributed by atoms with van der Waals surface area (Å²) in [6.07, 6.45) is 6.26. The molecule has 2 aliphatic rings. The second-order valence-corrected chi connectivity index (χ2v) is 6.16. The Bertz CT molecular complexity index is 491. The second kappa shape index (κ2) is 7.05. The maximum Gasteiger partial charge on any atom is 0.236 e. The zero-order valence-corrected chi connectivity index (χ0v) is 13.2. The van der Waals surface area contributed by atoms with Gasteiger partial charge >= 0.3 is 0 Å². The molecule has 1 amide bonds. The quantitative estimate of drug-likeness (QED) is 0.851. The predicted molar refractivity (Wildman–Crippen MR) is 85.7 cm³/mol. The van der Waals surface area contributed by atoms with Crippen LogP contribution >= 0.6 is 0 Å². The van der Waals surface area contributed by atoms with Crippen molar-refractivity contribution in [3.63, 3.8) is 0 Å². The van der Waals surface area contributed by atoms with E-state index in [9.17, 15) is 4.79 Å². The first-order chi connectivity index (χ1) is 10.8. The molecule has 1 saturated heterocycles. The van der Waals surface area contributed by atoms with Gasteiger partial charge in [-0.15, -0.1) is 5.10 Å². The van der Waals surface area contributed by atoms with E-state index in [-0.39, 0.29) is 5.91 Å². The Balaban J connectivity index is 1.49. The Morgan fingerprint density at radius 1 is 1.45 bits per heavy atom. The Morgan fingerprint density at radius 2 is 2.32 bits per heavy atom. The van der Waals surface area contributed by atoms with Crippen molar-refractivity contribution >= 4 is 11.7 Å². The largest absolute Gasteiger partial charge is 0.354 e. The van der Waals surface area contributed by atoms with E-state index in [1.54, 1.807) is 6.20 Å². The average Bonchev–Trinajstić information content (AvgIpc) is 3.40. The van der Waals surface area contributed by atoms with Crippen LogP contribution in [0.15, 0.2) is 18.3 Å². The second-order valence-electron chi connectivity index (χ2n) is 6.16. The highest BCUT2D eigenvalue weighted by Gasteiger charge is 2.31. The third-order valence-corrected chi connectivity index (χ3v) is 4.49. The van der Waals surface area contributed by atoms with Gasteiger partial charge in [-0.1, -0.05) is 0 Å². The van der Waals surface area contributed by atoms with Gasteiger partial charge in [0.25, 0.3) is 0 Å². The number of nitrogens with zero attached hydrogens (tertiary/aromatic N) is 4. The third-order valence-electron chi connectivity index (χ3n) is 4.49. The van der Waals surface area contributed by atoms with E-state index in [0.29, 0.717) is 18.6 Å². The van der Waals surface area contributed by atoms with Crippen molar-refractivity contribution in [1.29, 1.82) is 0 Å². The molecule has 1 atom stereocenters. The summed E-state index contributed by atoms with van der Waals surface area (Å²) >= 11 is 0. The molecule has 120 valence electrons. The molecule has 0 spiro atoms. The van der Waals surface area contributed by atoms with Gasteiger partial charge in [-0.05, 0) is 44.7 Å². The van der Waals surface area contributed by atoms with Crippen LogP contribution in [0.3, 0.4) is 0 Å².